The van der Waals surface area contributed by atoms with E-state index >= 15 is 0 Å². The van der Waals surface area contributed by atoms with E-state index in [1.807, 2.05) is 53.6 Å². The van der Waals surface area contributed by atoms with Crippen molar-refractivity contribution in [3.8, 4) is 0 Å². The Labute approximate surface area is 189 Å². The van der Waals surface area contributed by atoms with Gasteiger partial charge in [0, 0.05) is 48.6 Å². The Morgan fingerprint density at radius 2 is 1.88 bits per heavy atom. The fourth-order valence-corrected chi connectivity index (χ4v) is 4.87. The number of nitrogens with zero attached hydrogens (tertiary/aromatic N) is 5. The maximum absolute atomic E-state index is 13.0. The minimum Gasteiger partial charge on any atom is -0.350 e. The standard InChI is InChI=1S/C26H29N5O/c1-19-23-13-8-15-30(18-22-12-5-6-14-27-22)25(23)29-24(28-19)21-11-7-16-31(17-21)26(32)20-9-3-2-4-10-20/h2-6,9-10,12,14,21H,7-8,11,13,15-18H2,1H3/t21-/m1/s1. The van der Waals surface area contributed by atoms with Gasteiger partial charge in [-0.2, -0.15) is 0 Å². The largest absolute Gasteiger partial charge is 0.350 e. The number of anilines is 1. The minimum atomic E-state index is 0.0989. The lowest BCUT2D eigenvalue weighted by Crippen LogP contribution is -2.40. The summed E-state index contributed by atoms with van der Waals surface area (Å²) in [5.41, 5.74) is 4.12. The summed E-state index contributed by atoms with van der Waals surface area (Å²) in [5.74, 6) is 2.19. The van der Waals surface area contributed by atoms with Crippen LogP contribution in [-0.4, -0.2) is 45.4 Å². The number of carbonyl (C=O) groups excluding carboxylic acids is 1. The maximum atomic E-state index is 13.0. The minimum absolute atomic E-state index is 0.0989. The number of aryl methyl sites for hydroxylation is 1. The van der Waals surface area contributed by atoms with Crippen LogP contribution in [0.2, 0.25) is 0 Å². The zero-order chi connectivity index (χ0) is 21.9. The summed E-state index contributed by atoms with van der Waals surface area (Å²) in [7, 11) is 0. The molecule has 164 valence electrons. The molecule has 2 aliphatic heterocycles. The second-order valence-electron chi connectivity index (χ2n) is 8.77. The number of pyridine rings is 1. The van der Waals surface area contributed by atoms with Crippen LogP contribution in [0.3, 0.4) is 0 Å². The molecule has 1 aromatic carbocycles. The Hall–Kier alpha value is -3.28. The summed E-state index contributed by atoms with van der Waals surface area (Å²) in [6.45, 7) is 5.30. The lowest BCUT2D eigenvalue weighted by atomic mass is 9.95. The predicted molar refractivity (Wildman–Crippen MR) is 125 cm³/mol. The second-order valence-corrected chi connectivity index (χ2v) is 8.77. The molecule has 1 saturated heterocycles. The van der Waals surface area contributed by atoms with Gasteiger partial charge in [0.1, 0.15) is 11.6 Å². The van der Waals surface area contributed by atoms with Gasteiger partial charge >= 0.3 is 0 Å². The number of carbonyl (C=O) groups is 1. The summed E-state index contributed by atoms with van der Waals surface area (Å²) in [4.78, 5) is 31.8. The number of hydrogen-bond donors (Lipinski definition) is 0. The van der Waals surface area contributed by atoms with Gasteiger partial charge in [-0.25, -0.2) is 9.97 Å². The van der Waals surface area contributed by atoms with E-state index in [0.29, 0.717) is 6.54 Å². The zero-order valence-corrected chi connectivity index (χ0v) is 18.6. The van der Waals surface area contributed by atoms with Crippen molar-refractivity contribution in [3.05, 3.63) is 83.1 Å². The Kier molecular flexibility index (Phi) is 5.84. The normalized spacial score (nSPS) is 18.3. The van der Waals surface area contributed by atoms with Gasteiger partial charge in [-0.05, 0) is 56.9 Å². The van der Waals surface area contributed by atoms with Crippen molar-refractivity contribution in [1.29, 1.82) is 0 Å². The van der Waals surface area contributed by atoms with Crippen LogP contribution >= 0.6 is 0 Å². The molecule has 0 spiro atoms. The number of benzene rings is 1. The van der Waals surface area contributed by atoms with E-state index in [-0.39, 0.29) is 11.8 Å². The topological polar surface area (TPSA) is 62.2 Å². The average molecular weight is 428 g/mol. The highest BCUT2D eigenvalue weighted by Crippen LogP contribution is 2.32. The Morgan fingerprint density at radius 1 is 1.03 bits per heavy atom. The maximum Gasteiger partial charge on any atom is 0.253 e. The molecule has 0 unspecified atom stereocenters. The Morgan fingerprint density at radius 3 is 2.69 bits per heavy atom. The number of hydrogen-bond acceptors (Lipinski definition) is 5. The number of aromatic nitrogens is 3. The van der Waals surface area contributed by atoms with E-state index < -0.39 is 0 Å². The van der Waals surface area contributed by atoms with Crippen LogP contribution in [0.1, 0.15) is 58.3 Å². The smallest absolute Gasteiger partial charge is 0.253 e. The molecule has 1 atom stereocenters. The highest BCUT2D eigenvalue weighted by molar-refractivity contribution is 5.94. The lowest BCUT2D eigenvalue weighted by molar-refractivity contribution is 0.0704. The third-order valence-corrected chi connectivity index (χ3v) is 6.54. The predicted octanol–water partition coefficient (Wildman–Crippen LogP) is 4.15. The van der Waals surface area contributed by atoms with Crippen LogP contribution in [0.4, 0.5) is 5.82 Å². The second kappa shape index (κ2) is 9.07. The molecule has 6 heteroatoms. The number of likely N-dealkylation sites (tertiary alicyclic amines) is 1. The van der Waals surface area contributed by atoms with Gasteiger partial charge in [0.05, 0.1) is 12.2 Å². The SMILES string of the molecule is Cc1nc([C@@H]2CCCN(C(=O)c3ccccc3)C2)nc2c1CCCN2Cc1ccccn1. The fourth-order valence-electron chi connectivity index (χ4n) is 4.87. The molecule has 2 aromatic heterocycles. The molecular weight excluding hydrogens is 398 g/mol. The average Bonchev–Trinajstić information content (AvgIpc) is 2.85. The van der Waals surface area contributed by atoms with E-state index in [2.05, 4.69) is 22.9 Å². The van der Waals surface area contributed by atoms with Crippen molar-refractivity contribution in [3.63, 3.8) is 0 Å². The first kappa shape index (κ1) is 20.6. The molecule has 0 aliphatic carbocycles. The molecule has 0 saturated carbocycles. The molecule has 0 N–H and O–H groups in total. The van der Waals surface area contributed by atoms with E-state index in [4.69, 9.17) is 9.97 Å². The molecule has 1 amide bonds. The van der Waals surface area contributed by atoms with Gasteiger partial charge in [0.2, 0.25) is 0 Å². The van der Waals surface area contributed by atoms with Crippen LogP contribution in [0.25, 0.3) is 0 Å². The van der Waals surface area contributed by atoms with Crippen molar-refractivity contribution in [1.82, 2.24) is 19.9 Å². The monoisotopic (exact) mass is 427 g/mol. The quantitative estimate of drug-likeness (QED) is 0.626. The van der Waals surface area contributed by atoms with Gasteiger partial charge in [0.15, 0.2) is 0 Å². The molecule has 1 fully saturated rings. The van der Waals surface area contributed by atoms with Crippen LogP contribution < -0.4 is 4.90 Å². The van der Waals surface area contributed by atoms with Gasteiger partial charge < -0.3 is 9.80 Å². The Balaban J connectivity index is 1.40. The number of rotatable bonds is 4. The summed E-state index contributed by atoms with van der Waals surface area (Å²) >= 11 is 0. The molecule has 5 rings (SSSR count). The molecule has 32 heavy (non-hydrogen) atoms. The third kappa shape index (κ3) is 4.22. The number of fused-ring (bicyclic) bond motifs is 1. The van der Waals surface area contributed by atoms with Crippen molar-refractivity contribution >= 4 is 11.7 Å². The van der Waals surface area contributed by atoms with Crippen LogP contribution in [-0.2, 0) is 13.0 Å². The fraction of sp³-hybridized carbons (Fsp3) is 0.385. The van der Waals surface area contributed by atoms with Gasteiger partial charge in [0.25, 0.3) is 5.91 Å². The van der Waals surface area contributed by atoms with Crippen molar-refractivity contribution in [2.75, 3.05) is 24.5 Å². The van der Waals surface area contributed by atoms with E-state index in [1.165, 1.54) is 5.56 Å². The Bertz CT molecular complexity index is 1090. The van der Waals surface area contributed by atoms with Crippen molar-refractivity contribution in [2.45, 2.75) is 45.1 Å². The molecule has 3 aromatic rings. The van der Waals surface area contributed by atoms with Crippen LogP contribution in [0, 0.1) is 6.92 Å². The summed E-state index contributed by atoms with van der Waals surface area (Å²) < 4.78 is 0. The summed E-state index contributed by atoms with van der Waals surface area (Å²) in [5, 5.41) is 0. The van der Waals surface area contributed by atoms with E-state index in [0.717, 1.165) is 73.9 Å². The molecule has 4 heterocycles. The van der Waals surface area contributed by atoms with Crippen LogP contribution in [0.15, 0.2) is 54.7 Å². The van der Waals surface area contributed by atoms with Crippen molar-refractivity contribution < 1.29 is 4.79 Å². The number of amides is 1. The number of piperidine rings is 1. The van der Waals surface area contributed by atoms with E-state index in [9.17, 15) is 4.79 Å². The molecular formula is C26H29N5O. The molecule has 6 nitrogen and oxygen atoms in total. The van der Waals surface area contributed by atoms with Gasteiger partial charge in [-0.3, -0.25) is 9.78 Å². The first-order valence-electron chi connectivity index (χ1n) is 11.6. The van der Waals surface area contributed by atoms with Gasteiger partial charge in [-0.15, -0.1) is 0 Å². The van der Waals surface area contributed by atoms with Crippen molar-refractivity contribution in [2.24, 2.45) is 0 Å². The molecule has 0 bridgehead atoms. The lowest BCUT2D eigenvalue weighted by Gasteiger charge is -2.34. The first-order valence-corrected chi connectivity index (χ1v) is 11.6. The zero-order valence-electron chi connectivity index (χ0n) is 18.6. The van der Waals surface area contributed by atoms with Crippen LogP contribution in [0.5, 0.6) is 0 Å². The van der Waals surface area contributed by atoms with Gasteiger partial charge in [-0.1, -0.05) is 24.3 Å². The third-order valence-electron chi connectivity index (χ3n) is 6.54. The summed E-state index contributed by atoms with van der Waals surface area (Å²) in [6, 6.07) is 15.6. The molecule has 0 radical (unpaired) electrons. The highest BCUT2D eigenvalue weighted by Gasteiger charge is 2.30. The first-order chi connectivity index (χ1) is 15.7. The highest BCUT2D eigenvalue weighted by atomic mass is 16.2. The van der Waals surface area contributed by atoms with E-state index in [1.54, 1.807) is 0 Å². The summed E-state index contributed by atoms with van der Waals surface area (Å²) in [6.07, 6.45) is 5.95. The molecule has 2 aliphatic rings.